The van der Waals surface area contributed by atoms with Crippen molar-refractivity contribution in [1.29, 1.82) is 0 Å². The highest BCUT2D eigenvalue weighted by Crippen LogP contribution is 2.15. The number of alkyl carbamates (subject to hydrolysis) is 1. The number of rotatable bonds is 17. The Morgan fingerprint density at radius 2 is 1.73 bits per heavy atom. The summed E-state index contributed by atoms with van der Waals surface area (Å²) in [6.45, 7) is 11.6. The maximum atomic E-state index is 12.5. The maximum Gasteiger partial charge on any atom is 0.408 e. The van der Waals surface area contributed by atoms with Crippen LogP contribution in [0.15, 0.2) is 12.7 Å². The van der Waals surface area contributed by atoms with Crippen LogP contribution in [0.25, 0.3) is 0 Å². The predicted octanol–water partition coefficient (Wildman–Crippen LogP) is 4.50. The first-order chi connectivity index (χ1) is 14.3. The van der Waals surface area contributed by atoms with Crippen LogP contribution >= 0.6 is 0 Å². The second-order valence-electron chi connectivity index (χ2n) is 7.95. The van der Waals surface area contributed by atoms with Crippen LogP contribution in [-0.4, -0.2) is 43.3 Å². The van der Waals surface area contributed by atoms with Crippen molar-refractivity contribution >= 4 is 18.0 Å². The van der Waals surface area contributed by atoms with Crippen molar-refractivity contribution in [3.05, 3.63) is 12.7 Å². The number of carbonyl (C=O) groups is 3. The molecule has 30 heavy (non-hydrogen) atoms. The lowest BCUT2D eigenvalue weighted by Gasteiger charge is -2.22. The molecule has 0 aliphatic carbocycles. The highest BCUT2D eigenvalue weighted by Gasteiger charge is 2.24. The smallest absolute Gasteiger partial charge is 0.408 e. The molecule has 0 aliphatic rings. The molecule has 0 aromatic carbocycles. The van der Waals surface area contributed by atoms with E-state index in [2.05, 4.69) is 24.1 Å². The fourth-order valence-corrected chi connectivity index (χ4v) is 3.07. The van der Waals surface area contributed by atoms with Crippen molar-refractivity contribution in [3.63, 3.8) is 0 Å². The molecule has 0 fully saturated rings. The van der Waals surface area contributed by atoms with E-state index in [0.717, 1.165) is 25.7 Å². The average Bonchev–Trinajstić information content (AvgIpc) is 2.69. The quantitative estimate of drug-likeness (QED) is 0.203. The van der Waals surface area contributed by atoms with Crippen LogP contribution in [0.5, 0.6) is 0 Å². The molecule has 0 bridgehead atoms. The Kier molecular flexibility index (Phi) is 16.6. The number of hydrogen-bond donors (Lipinski definition) is 2. The van der Waals surface area contributed by atoms with Crippen LogP contribution in [0.3, 0.4) is 0 Å². The molecule has 2 N–H and O–H groups in total. The number of allylic oxidation sites excluding steroid dienone is 1. The molecule has 2 amide bonds. The first-order valence-corrected chi connectivity index (χ1v) is 11.3. The molecule has 0 aromatic heterocycles. The number of hydrogen-bond acceptors (Lipinski definition) is 5. The van der Waals surface area contributed by atoms with Gasteiger partial charge >= 0.3 is 12.1 Å². The van der Waals surface area contributed by atoms with Crippen molar-refractivity contribution in [3.8, 4) is 0 Å². The normalized spacial score (nSPS) is 12.7. The van der Waals surface area contributed by atoms with Gasteiger partial charge < -0.3 is 20.1 Å². The van der Waals surface area contributed by atoms with E-state index >= 15 is 0 Å². The van der Waals surface area contributed by atoms with Gasteiger partial charge in [-0.25, -0.2) is 4.79 Å². The van der Waals surface area contributed by atoms with Crippen LogP contribution in [0, 0.1) is 5.92 Å². The van der Waals surface area contributed by atoms with Gasteiger partial charge in [0.05, 0.1) is 6.61 Å². The molecule has 7 nitrogen and oxygen atoms in total. The standard InChI is InChI=1S/C23H42N2O5/c1-6-9-11-12-13-15-19(14-10-7-2)30-23(28)25-20(16-18(4)5)22(27)24-17-21(26)29-8-3/h7,18-20H,2,6,8-17H2,1,3-5H3,(H,24,27)(H,25,28). The van der Waals surface area contributed by atoms with Gasteiger partial charge in [-0.15, -0.1) is 6.58 Å². The lowest BCUT2D eigenvalue weighted by Crippen LogP contribution is -2.49. The molecule has 7 heteroatoms. The lowest BCUT2D eigenvalue weighted by molar-refractivity contribution is -0.143. The molecule has 0 saturated carbocycles. The Bertz CT molecular complexity index is 508. The van der Waals surface area contributed by atoms with E-state index < -0.39 is 24.0 Å². The van der Waals surface area contributed by atoms with E-state index in [-0.39, 0.29) is 25.2 Å². The molecule has 0 rings (SSSR count). The number of esters is 1. The van der Waals surface area contributed by atoms with Gasteiger partial charge in [0.15, 0.2) is 0 Å². The first-order valence-electron chi connectivity index (χ1n) is 11.3. The zero-order valence-electron chi connectivity index (χ0n) is 19.3. The summed E-state index contributed by atoms with van der Waals surface area (Å²) in [6.07, 6.45) is 9.46. The molecular weight excluding hydrogens is 384 g/mol. The number of amides is 2. The number of unbranched alkanes of at least 4 members (excludes halogenated alkanes) is 4. The van der Waals surface area contributed by atoms with E-state index in [1.165, 1.54) is 19.3 Å². The first kappa shape index (κ1) is 27.9. The fraction of sp³-hybridized carbons (Fsp3) is 0.783. The van der Waals surface area contributed by atoms with Crippen molar-refractivity contribution in [2.45, 2.75) is 97.6 Å². The Morgan fingerprint density at radius 3 is 2.33 bits per heavy atom. The fourth-order valence-electron chi connectivity index (χ4n) is 3.07. The van der Waals surface area contributed by atoms with E-state index in [1.807, 2.05) is 19.9 Å². The summed E-state index contributed by atoms with van der Waals surface area (Å²) >= 11 is 0. The van der Waals surface area contributed by atoms with Crippen molar-refractivity contribution in [2.75, 3.05) is 13.2 Å². The second kappa shape index (κ2) is 17.8. The van der Waals surface area contributed by atoms with Crippen LogP contribution < -0.4 is 10.6 Å². The van der Waals surface area contributed by atoms with Crippen LogP contribution in [0.4, 0.5) is 4.79 Å². The summed E-state index contributed by atoms with van der Waals surface area (Å²) in [5.41, 5.74) is 0. The minimum Gasteiger partial charge on any atom is -0.465 e. The molecule has 0 radical (unpaired) electrons. The van der Waals surface area contributed by atoms with Gasteiger partial charge in [0.1, 0.15) is 18.7 Å². The van der Waals surface area contributed by atoms with Gasteiger partial charge in [-0.2, -0.15) is 0 Å². The summed E-state index contributed by atoms with van der Waals surface area (Å²) < 4.78 is 10.4. The summed E-state index contributed by atoms with van der Waals surface area (Å²) in [5.74, 6) is -0.751. The second-order valence-corrected chi connectivity index (χ2v) is 7.95. The molecule has 2 unspecified atom stereocenters. The van der Waals surface area contributed by atoms with E-state index in [9.17, 15) is 14.4 Å². The van der Waals surface area contributed by atoms with Crippen LogP contribution in [0.2, 0.25) is 0 Å². The highest BCUT2D eigenvalue weighted by atomic mass is 16.6. The van der Waals surface area contributed by atoms with E-state index in [1.54, 1.807) is 6.92 Å². The van der Waals surface area contributed by atoms with Crippen molar-refractivity contribution in [1.82, 2.24) is 10.6 Å². The van der Waals surface area contributed by atoms with Gasteiger partial charge in [-0.3, -0.25) is 9.59 Å². The average molecular weight is 427 g/mol. The molecule has 174 valence electrons. The molecule has 0 aromatic rings. The Balaban J connectivity index is 4.72. The number of carbonyl (C=O) groups excluding carboxylic acids is 3. The minimum absolute atomic E-state index is 0.179. The zero-order chi connectivity index (χ0) is 22.8. The number of nitrogens with one attached hydrogen (secondary N) is 2. The van der Waals surface area contributed by atoms with Crippen LogP contribution in [-0.2, 0) is 19.1 Å². The van der Waals surface area contributed by atoms with Gasteiger partial charge in [0, 0.05) is 0 Å². The Labute approximate surface area is 182 Å². The highest BCUT2D eigenvalue weighted by molar-refractivity contribution is 5.88. The molecule has 0 spiro atoms. The van der Waals surface area contributed by atoms with Gasteiger partial charge in [-0.1, -0.05) is 52.5 Å². The van der Waals surface area contributed by atoms with Gasteiger partial charge in [0.2, 0.25) is 5.91 Å². The lowest BCUT2D eigenvalue weighted by atomic mass is 10.0. The van der Waals surface area contributed by atoms with E-state index in [4.69, 9.17) is 9.47 Å². The largest absolute Gasteiger partial charge is 0.465 e. The van der Waals surface area contributed by atoms with Crippen molar-refractivity contribution < 1.29 is 23.9 Å². The molecular formula is C23H42N2O5. The SMILES string of the molecule is C=CCCC(CCCCCCC)OC(=O)NC(CC(C)C)C(=O)NCC(=O)OCC. The molecule has 0 aliphatic heterocycles. The predicted molar refractivity (Wildman–Crippen MR) is 119 cm³/mol. The summed E-state index contributed by atoms with van der Waals surface area (Å²) in [5, 5.41) is 5.19. The topological polar surface area (TPSA) is 93.7 Å². The molecule has 2 atom stereocenters. The summed E-state index contributed by atoms with van der Waals surface area (Å²) in [6, 6.07) is -0.767. The number of ether oxygens (including phenoxy) is 2. The molecule has 0 heterocycles. The third-order valence-electron chi connectivity index (χ3n) is 4.62. The Hall–Kier alpha value is -2.05. The minimum atomic E-state index is -0.767. The zero-order valence-corrected chi connectivity index (χ0v) is 19.3. The molecule has 0 saturated heterocycles. The van der Waals surface area contributed by atoms with Crippen molar-refractivity contribution in [2.24, 2.45) is 5.92 Å². The summed E-state index contributed by atoms with van der Waals surface area (Å²) in [4.78, 5) is 36.4. The van der Waals surface area contributed by atoms with E-state index in [0.29, 0.717) is 12.8 Å². The monoisotopic (exact) mass is 426 g/mol. The van der Waals surface area contributed by atoms with Gasteiger partial charge in [0.25, 0.3) is 0 Å². The third-order valence-corrected chi connectivity index (χ3v) is 4.62. The van der Waals surface area contributed by atoms with Crippen LogP contribution in [0.1, 0.15) is 85.5 Å². The Morgan fingerprint density at radius 1 is 1.03 bits per heavy atom. The third kappa shape index (κ3) is 14.9. The van der Waals surface area contributed by atoms with Gasteiger partial charge in [-0.05, 0) is 44.9 Å². The summed E-state index contributed by atoms with van der Waals surface area (Å²) in [7, 11) is 0. The maximum absolute atomic E-state index is 12.5.